The van der Waals surface area contributed by atoms with Crippen LogP contribution in [-0.2, 0) is 9.53 Å². The molecule has 2 amide bonds. The molecule has 1 heterocycles. The fourth-order valence-corrected chi connectivity index (χ4v) is 3.02. The molecule has 28 heavy (non-hydrogen) atoms. The third kappa shape index (κ3) is 5.16. The summed E-state index contributed by atoms with van der Waals surface area (Å²) in [6.07, 6.45) is 0.956. The van der Waals surface area contributed by atoms with Crippen LogP contribution < -0.4 is 5.32 Å². The summed E-state index contributed by atoms with van der Waals surface area (Å²) in [7, 11) is 0. The maximum atomic E-state index is 12.9. The van der Waals surface area contributed by atoms with E-state index in [4.69, 9.17) is 4.74 Å². The number of likely N-dealkylation sites (tertiary alicyclic amines) is 1. The Morgan fingerprint density at radius 2 is 1.64 bits per heavy atom. The summed E-state index contributed by atoms with van der Waals surface area (Å²) in [4.78, 5) is 38.1. The summed E-state index contributed by atoms with van der Waals surface area (Å²) in [5.41, 5.74) is 1.01. The number of amides is 2. The average molecular weight is 384 g/mol. The second-order valence-electron chi connectivity index (χ2n) is 6.60. The van der Waals surface area contributed by atoms with E-state index in [1.54, 1.807) is 17.0 Å². The van der Waals surface area contributed by atoms with Gasteiger partial charge in [-0.05, 0) is 49.2 Å². The lowest BCUT2D eigenvalue weighted by Crippen LogP contribution is -2.42. The number of hydrogen-bond donors (Lipinski definition) is 1. The number of urea groups is 1. The lowest BCUT2D eigenvalue weighted by atomic mass is 9.97. The third-order valence-corrected chi connectivity index (χ3v) is 4.65. The summed E-state index contributed by atoms with van der Waals surface area (Å²) in [5.74, 6) is -1.61. The third-order valence-electron chi connectivity index (χ3n) is 4.65. The van der Waals surface area contributed by atoms with Gasteiger partial charge in [0.25, 0.3) is 0 Å². The molecular formula is C21H21FN2O4. The summed E-state index contributed by atoms with van der Waals surface area (Å²) in [5, 5.41) is 2.82. The van der Waals surface area contributed by atoms with Gasteiger partial charge in [-0.25, -0.2) is 9.18 Å². The van der Waals surface area contributed by atoms with Gasteiger partial charge in [0.05, 0.1) is 5.92 Å². The van der Waals surface area contributed by atoms with Crippen molar-refractivity contribution < 1.29 is 23.5 Å². The second-order valence-corrected chi connectivity index (χ2v) is 6.60. The zero-order valence-corrected chi connectivity index (χ0v) is 15.3. The number of Topliss-reactive ketones (excluding diaryl/α,β-unsaturated/α-hetero) is 1. The Morgan fingerprint density at radius 3 is 2.29 bits per heavy atom. The van der Waals surface area contributed by atoms with Gasteiger partial charge in [-0.15, -0.1) is 0 Å². The topological polar surface area (TPSA) is 75.7 Å². The molecule has 1 fully saturated rings. The van der Waals surface area contributed by atoms with Gasteiger partial charge in [-0.1, -0.05) is 18.2 Å². The number of ether oxygens (including phenoxy) is 1. The predicted octanol–water partition coefficient (Wildman–Crippen LogP) is 3.50. The lowest BCUT2D eigenvalue weighted by molar-refractivity contribution is -0.148. The number of rotatable bonds is 5. The van der Waals surface area contributed by atoms with E-state index in [-0.39, 0.29) is 24.3 Å². The van der Waals surface area contributed by atoms with Gasteiger partial charge in [-0.2, -0.15) is 0 Å². The highest BCUT2D eigenvalue weighted by Crippen LogP contribution is 2.20. The van der Waals surface area contributed by atoms with Crippen LogP contribution >= 0.6 is 0 Å². The van der Waals surface area contributed by atoms with Crippen LogP contribution in [-0.4, -0.2) is 42.4 Å². The van der Waals surface area contributed by atoms with E-state index >= 15 is 0 Å². The van der Waals surface area contributed by atoms with E-state index < -0.39 is 11.8 Å². The number of hydrogen-bond acceptors (Lipinski definition) is 4. The van der Waals surface area contributed by atoms with Crippen LogP contribution in [0.4, 0.5) is 14.9 Å². The first-order chi connectivity index (χ1) is 13.5. The highest BCUT2D eigenvalue weighted by Gasteiger charge is 2.28. The summed E-state index contributed by atoms with van der Waals surface area (Å²) in [6.45, 7) is 0.494. The number of carbonyl (C=O) groups excluding carboxylic acids is 3. The maximum Gasteiger partial charge on any atom is 0.321 e. The van der Waals surface area contributed by atoms with Gasteiger partial charge in [0.1, 0.15) is 5.82 Å². The zero-order chi connectivity index (χ0) is 19.9. The number of benzene rings is 2. The largest absolute Gasteiger partial charge is 0.457 e. The molecular weight excluding hydrogens is 363 g/mol. The first-order valence-electron chi connectivity index (χ1n) is 9.09. The van der Waals surface area contributed by atoms with Crippen molar-refractivity contribution in [1.82, 2.24) is 4.90 Å². The Labute approximate surface area is 162 Å². The number of nitrogens with one attached hydrogen (secondary N) is 1. The van der Waals surface area contributed by atoms with Gasteiger partial charge >= 0.3 is 12.0 Å². The minimum atomic E-state index is -0.446. The number of ketones is 1. The summed E-state index contributed by atoms with van der Waals surface area (Å²) < 4.78 is 18.0. The molecule has 0 bridgehead atoms. The molecule has 0 saturated carbocycles. The van der Waals surface area contributed by atoms with Crippen LogP contribution in [0.15, 0.2) is 54.6 Å². The molecule has 6 nitrogen and oxygen atoms in total. The van der Waals surface area contributed by atoms with Crippen LogP contribution in [0, 0.1) is 11.7 Å². The Morgan fingerprint density at radius 1 is 1.00 bits per heavy atom. The van der Waals surface area contributed by atoms with Crippen LogP contribution in [0.3, 0.4) is 0 Å². The summed E-state index contributed by atoms with van der Waals surface area (Å²) in [6, 6.07) is 14.0. The second kappa shape index (κ2) is 9.12. The van der Waals surface area contributed by atoms with Crippen molar-refractivity contribution >= 4 is 23.5 Å². The molecule has 0 aromatic heterocycles. The molecule has 1 saturated heterocycles. The Balaban J connectivity index is 1.42. The molecule has 146 valence electrons. The van der Waals surface area contributed by atoms with Crippen molar-refractivity contribution in [2.75, 3.05) is 25.0 Å². The molecule has 0 spiro atoms. The standard InChI is InChI=1S/C21H21FN2O4/c22-17-8-6-15(7-9-17)19(25)14-28-20(26)16-10-12-24(13-11-16)21(27)23-18-4-2-1-3-5-18/h1-9,16H,10-14H2,(H,23,27). The van der Waals surface area contributed by atoms with Crippen molar-refractivity contribution in [3.8, 4) is 0 Å². The van der Waals surface area contributed by atoms with Crippen LogP contribution in [0.2, 0.25) is 0 Å². The van der Waals surface area contributed by atoms with E-state index in [2.05, 4.69) is 5.32 Å². The molecule has 2 aromatic rings. The monoisotopic (exact) mass is 384 g/mol. The van der Waals surface area contributed by atoms with E-state index in [1.807, 2.05) is 18.2 Å². The first-order valence-corrected chi connectivity index (χ1v) is 9.09. The van der Waals surface area contributed by atoms with E-state index in [0.717, 1.165) is 0 Å². The highest BCUT2D eigenvalue weighted by molar-refractivity contribution is 5.98. The molecule has 0 atom stereocenters. The van der Waals surface area contributed by atoms with E-state index in [9.17, 15) is 18.8 Å². The Kier molecular flexibility index (Phi) is 6.37. The maximum absolute atomic E-state index is 12.9. The normalized spacial score (nSPS) is 14.4. The predicted molar refractivity (Wildman–Crippen MR) is 101 cm³/mol. The SMILES string of the molecule is O=C(COC(=O)C1CCN(C(=O)Nc2ccccc2)CC1)c1ccc(F)cc1. The molecule has 1 aliphatic heterocycles. The molecule has 3 rings (SSSR count). The van der Waals surface area contributed by atoms with Gasteiger partial charge in [0.15, 0.2) is 12.4 Å². The first kappa shape index (κ1) is 19.5. The van der Waals surface area contributed by atoms with Gasteiger partial charge < -0.3 is 15.0 Å². The Bertz CT molecular complexity index is 831. The van der Waals surface area contributed by atoms with Crippen LogP contribution in [0.1, 0.15) is 23.2 Å². The molecule has 1 N–H and O–H groups in total. The number of piperidine rings is 1. The van der Waals surface area contributed by atoms with Gasteiger partial charge in [0, 0.05) is 24.3 Å². The van der Waals surface area contributed by atoms with Crippen LogP contribution in [0.5, 0.6) is 0 Å². The minimum absolute atomic E-state index is 0.204. The van der Waals surface area contributed by atoms with Crippen molar-refractivity contribution in [2.45, 2.75) is 12.8 Å². The zero-order valence-electron chi connectivity index (χ0n) is 15.3. The van der Waals surface area contributed by atoms with E-state index in [0.29, 0.717) is 37.2 Å². The van der Waals surface area contributed by atoms with Crippen molar-refractivity contribution in [3.05, 3.63) is 66.0 Å². The molecule has 7 heteroatoms. The molecule has 1 aliphatic rings. The number of para-hydroxylation sites is 1. The smallest absolute Gasteiger partial charge is 0.321 e. The number of halogens is 1. The quantitative estimate of drug-likeness (QED) is 0.632. The highest BCUT2D eigenvalue weighted by atomic mass is 19.1. The van der Waals surface area contributed by atoms with E-state index in [1.165, 1.54) is 24.3 Å². The molecule has 2 aromatic carbocycles. The fraction of sp³-hybridized carbons (Fsp3) is 0.286. The van der Waals surface area contributed by atoms with Crippen molar-refractivity contribution in [1.29, 1.82) is 0 Å². The number of esters is 1. The fourth-order valence-electron chi connectivity index (χ4n) is 3.02. The van der Waals surface area contributed by atoms with Gasteiger partial charge in [0.2, 0.25) is 0 Å². The molecule has 0 aliphatic carbocycles. The molecule has 0 radical (unpaired) electrons. The Hall–Kier alpha value is -3.22. The number of anilines is 1. The molecule has 0 unspecified atom stereocenters. The number of carbonyl (C=O) groups is 3. The van der Waals surface area contributed by atoms with Crippen molar-refractivity contribution in [3.63, 3.8) is 0 Å². The average Bonchev–Trinajstić information content (AvgIpc) is 2.73. The lowest BCUT2D eigenvalue weighted by Gasteiger charge is -2.30. The van der Waals surface area contributed by atoms with Gasteiger partial charge in [-0.3, -0.25) is 9.59 Å². The summed E-state index contributed by atoms with van der Waals surface area (Å²) >= 11 is 0. The number of nitrogens with zero attached hydrogens (tertiary/aromatic N) is 1. The van der Waals surface area contributed by atoms with Crippen molar-refractivity contribution in [2.24, 2.45) is 5.92 Å². The minimum Gasteiger partial charge on any atom is -0.457 e. The van der Waals surface area contributed by atoms with Crippen LogP contribution in [0.25, 0.3) is 0 Å².